The highest BCUT2D eigenvalue weighted by Crippen LogP contribution is 2.28. The number of nitrogens with zero attached hydrogens (tertiary/aromatic N) is 2. The molecule has 0 spiro atoms. The van der Waals surface area contributed by atoms with Crippen LogP contribution < -0.4 is 14.2 Å². The fraction of sp³-hybridized carbons (Fsp3) is 0.190. The molecule has 0 aliphatic rings. The first-order valence-corrected chi connectivity index (χ1v) is 12.1. The number of hydrogen-bond donors (Lipinski definition) is 1. The summed E-state index contributed by atoms with van der Waals surface area (Å²) in [5, 5.41) is 0.407. The lowest BCUT2D eigenvalue weighted by Gasteiger charge is -2.12. The first-order chi connectivity index (χ1) is 15.4. The fourth-order valence-corrected chi connectivity index (χ4v) is 3.96. The number of carbonyl (C=O) groups excluding carboxylic acids is 1. The van der Waals surface area contributed by atoms with Crippen LogP contribution in [0.1, 0.15) is 17.3 Å². The SMILES string of the molecule is CCOC(=O)c1cnc(SC)nc1Oc1cccc(NS(=O)(=O)c2ccc(OC)cc2)c1. The average molecular weight is 476 g/mol. The van der Waals surface area contributed by atoms with Crippen LogP contribution in [0.5, 0.6) is 17.4 Å². The van der Waals surface area contributed by atoms with Crippen molar-refractivity contribution in [3.05, 3.63) is 60.3 Å². The van der Waals surface area contributed by atoms with Crippen molar-refractivity contribution in [3.63, 3.8) is 0 Å². The van der Waals surface area contributed by atoms with E-state index in [4.69, 9.17) is 14.2 Å². The molecule has 9 nitrogen and oxygen atoms in total. The first-order valence-electron chi connectivity index (χ1n) is 9.39. The molecule has 1 heterocycles. The van der Waals surface area contributed by atoms with Gasteiger partial charge in [-0.05, 0) is 49.6 Å². The van der Waals surface area contributed by atoms with E-state index in [1.807, 2.05) is 0 Å². The summed E-state index contributed by atoms with van der Waals surface area (Å²) in [4.78, 5) is 20.6. The summed E-state index contributed by atoms with van der Waals surface area (Å²) in [5.74, 6) is 0.215. The summed E-state index contributed by atoms with van der Waals surface area (Å²) < 4.78 is 43.8. The zero-order valence-electron chi connectivity index (χ0n) is 17.6. The number of aromatic nitrogens is 2. The summed E-state index contributed by atoms with van der Waals surface area (Å²) in [6, 6.07) is 12.3. The normalized spacial score (nSPS) is 11.0. The monoisotopic (exact) mass is 475 g/mol. The Morgan fingerprint density at radius 1 is 1.12 bits per heavy atom. The number of nitrogens with one attached hydrogen (secondary N) is 1. The maximum absolute atomic E-state index is 12.7. The standard InChI is InChI=1S/C21H21N3O6S2/c1-4-29-20(25)18-13-22-21(31-3)23-19(18)30-16-7-5-6-14(12-16)24-32(26,27)17-10-8-15(28-2)9-11-17/h5-13,24H,4H2,1-3H3. The van der Waals surface area contributed by atoms with Crippen LogP contribution in [-0.2, 0) is 14.8 Å². The summed E-state index contributed by atoms with van der Waals surface area (Å²) in [5.41, 5.74) is 0.337. The van der Waals surface area contributed by atoms with Gasteiger partial charge in [0.15, 0.2) is 5.16 Å². The molecule has 3 rings (SSSR count). The minimum atomic E-state index is -3.83. The van der Waals surface area contributed by atoms with Crippen molar-refractivity contribution in [2.24, 2.45) is 0 Å². The van der Waals surface area contributed by atoms with Crippen molar-refractivity contribution in [2.75, 3.05) is 24.7 Å². The Hall–Kier alpha value is -3.31. The smallest absolute Gasteiger partial charge is 0.345 e. The Bertz CT molecular complexity index is 1200. The minimum Gasteiger partial charge on any atom is -0.497 e. The predicted molar refractivity (Wildman–Crippen MR) is 120 cm³/mol. The largest absolute Gasteiger partial charge is 0.497 e. The van der Waals surface area contributed by atoms with Gasteiger partial charge in [-0.1, -0.05) is 17.8 Å². The van der Waals surface area contributed by atoms with E-state index < -0.39 is 16.0 Å². The van der Waals surface area contributed by atoms with E-state index in [-0.39, 0.29) is 34.4 Å². The Kier molecular flexibility index (Phi) is 7.54. The number of methoxy groups -OCH3 is 1. The van der Waals surface area contributed by atoms with Gasteiger partial charge in [-0.2, -0.15) is 4.98 Å². The zero-order chi connectivity index (χ0) is 23.1. The minimum absolute atomic E-state index is 0.0120. The van der Waals surface area contributed by atoms with Crippen molar-refractivity contribution >= 4 is 33.4 Å². The summed E-state index contributed by atoms with van der Waals surface area (Å²) in [6.07, 6.45) is 3.13. The maximum atomic E-state index is 12.7. The lowest BCUT2D eigenvalue weighted by atomic mass is 10.3. The summed E-state index contributed by atoms with van der Waals surface area (Å²) in [6.45, 7) is 1.87. The van der Waals surface area contributed by atoms with E-state index in [9.17, 15) is 13.2 Å². The third-order valence-corrected chi connectivity index (χ3v) is 6.04. The molecule has 0 saturated carbocycles. The summed E-state index contributed by atoms with van der Waals surface area (Å²) >= 11 is 1.28. The molecule has 168 valence electrons. The topological polar surface area (TPSA) is 117 Å². The molecule has 0 unspecified atom stereocenters. The van der Waals surface area contributed by atoms with Gasteiger partial charge in [0.1, 0.15) is 17.1 Å². The molecule has 0 aliphatic heterocycles. The van der Waals surface area contributed by atoms with Gasteiger partial charge in [0.25, 0.3) is 10.0 Å². The van der Waals surface area contributed by atoms with Crippen LogP contribution in [0, 0.1) is 0 Å². The molecule has 32 heavy (non-hydrogen) atoms. The lowest BCUT2D eigenvalue weighted by molar-refractivity contribution is 0.0521. The Balaban J connectivity index is 1.85. The van der Waals surface area contributed by atoms with Crippen LogP contribution in [-0.4, -0.2) is 44.3 Å². The van der Waals surface area contributed by atoms with E-state index in [0.717, 1.165) is 0 Å². The average Bonchev–Trinajstić information content (AvgIpc) is 2.79. The maximum Gasteiger partial charge on any atom is 0.345 e. The molecule has 3 aromatic rings. The Labute approximate surface area is 190 Å². The number of ether oxygens (including phenoxy) is 3. The Morgan fingerprint density at radius 3 is 2.53 bits per heavy atom. The Morgan fingerprint density at radius 2 is 1.88 bits per heavy atom. The van der Waals surface area contributed by atoms with Gasteiger partial charge in [0.2, 0.25) is 5.88 Å². The van der Waals surface area contributed by atoms with Crippen molar-refractivity contribution in [2.45, 2.75) is 17.0 Å². The number of sulfonamides is 1. The molecule has 0 saturated heterocycles. The highest BCUT2D eigenvalue weighted by atomic mass is 32.2. The molecule has 1 aromatic heterocycles. The molecule has 1 N–H and O–H groups in total. The van der Waals surface area contributed by atoms with Crippen LogP contribution >= 0.6 is 11.8 Å². The first kappa shape index (κ1) is 23.4. The number of hydrogen-bond acceptors (Lipinski definition) is 9. The van der Waals surface area contributed by atoms with Gasteiger partial charge >= 0.3 is 5.97 Å². The molecular weight excluding hydrogens is 454 g/mol. The highest BCUT2D eigenvalue weighted by Gasteiger charge is 2.19. The number of rotatable bonds is 9. The molecule has 0 radical (unpaired) electrons. The van der Waals surface area contributed by atoms with Gasteiger partial charge in [-0.15, -0.1) is 0 Å². The molecule has 11 heteroatoms. The number of benzene rings is 2. The zero-order valence-corrected chi connectivity index (χ0v) is 19.2. The van der Waals surface area contributed by atoms with Gasteiger partial charge in [0, 0.05) is 12.3 Å². The molecule has 0 aliphatic carbocycles. The van der Waals surface area contributed by atoms with Crippen LogP contribution in [0.4, 0.5) is 5.69 Å². The molecule has 0 bridgehead atoms. The predicted octanol–water partition coefficient (Wildman–Crippen LogP) is 3.98. The van der Waals surface area contributed by atoms with E-state index in [1.54, 1.807) is 43.5 Å². The van der Waals surface area contributed by atoms with E-state index in [1.165, 1.54) is 43.3 Å². The number of thioether (sulfide) groups is 1. The number of esters is 1. The van der Waals surface area contributed by atoms with Crippen LogP contribution in [0.3, 0.4) is 0 Å². The second-order valence-electron chi connectivity index (χ2n) is 6.21. The third kappa shape index (κ3) is 5.68. The lowest BCUT2D eigenvalue weighted by Crippen LogP contribution is -2.13. The fourth-order valence-electron chi connectivity index (χ4n) is 2.58. The van der Waals surface area contributed by atoms with Gasteiger partial charge < -0.3 is 14.2 Å². The van der Waals surface area contributed by atoms with Crippen LogP contribution in [0.25, 0.3) is 0 Å². The molecular formula is C21H21N3O6S2. The molecule has 0 atom stereocenters. The van der Waals surface area contributed by atoms with Crippen LogP contribution in [0.2, 0.25) is 0 Å². The second kappa shape index (κ2) is 10.3. The number of anilines is 1. The van der Waals surface area contributed by atoms with E-state index >= 15 is 0 Å². The van der Waals surface area contributed by atoms with Crippen molar-refractivity contribution in [3.8, 4) is 17.4 Å². The van der Waals surface area contributed by atoms with Crippen molar-refractivity contribution in [1.29, 1.82) is 0 Å². The van der Waals surface area contributed by atoms with E-state index in [0.29, 0.717) is 10.9 Å². The van der Waals surface area contributed by atoms with Gasteiger partial charge in [0.05, 0.1) is 24.3 Å². The quantitative estimate of drug-likeness (QED) is 0.279. The molecule has 2 aromatic carbocycles. The third-order valence-electron chi connectivity index (χ3n) is 4.08. The highest BCUT2D eigenvalue weighted by molar-refractivity contribution is 7.98. The molecule has 0 fully saturated rings. The van der Waals surface area contributed by atoms with Gasteiger partial charge in [-0.3, -0.25) is 4.72 Å². The second-order valence-corrected chi connectivity index (χ2v) is 8.66. The number of carbonyl (C=O) groups is 1. The van der Waals surface area contributed by atoms with Gasteiger partial charge in [-0.25, -0.2) is 18.2 Å². The summed E-state index contributed by atoms with van der Waals surface area (Å²) in [7, 11) is -2.33. The molecule has 0 amide bonds. The van der Waals surface area contributed by atoms with Crippen molar-refractivity contribution in [1.82, 2.24) is 9.97 Å². The van der Waals surface area contributed by atoms with Crippen LogP contribution in [0.15, 0.2) is 64.8 Å². The van der Waals surface area contributed by atoms with E-state index in [2.05, 4.69) is 14.7 Å². The van der Waals surface area contributed by atoms with Crippen molar-refractivity contribution < 1.29 is 27.4 Å².